The normalized spacial score (nSPS) is 10.7. The van der Waals surface area contributed by atoms with Gasteiger partial charge in [0.15, 0.2) is 23.4 Å². The van der Waals surface area contributed by atoms with E-state index in [0.29, 0.717) is 23.7 Å². The maximum Gasteiger partial charge on any atom is 0.185 e. The Bertz CT molecular complexity index is 742. The summed E-state index contributed by atoms with van der Waals surface area (Å²) in [7, 11) is 0. The molecule has 0 fully saturated rings. The molecule has 0 unspecified atom stereocenters. The minimum absolute atomic E-state index is 0.357. The molecule has 0 aliphatic heterocycles. The monoisotopic (exact) mass is 266 g/mol. The first kappa shape index (κ1) is 12.5. The fourth-order valence-electron chi connectivity index (χ4n) is 2.20. The molecule has 0 amide bonds. The molecule has 3 rings (SSSR count). The Balaban J connectivity index is 1.94. The fraction of sp³-hybridized carbons (Fsp3) is 0.118. The van der Waals surface area contributed by atoms with Crippen LogP contribution in [0.15, 0.2) is 52.9 Å². The maximum atomic E-state index is 11.0. The van der Waals surface area contributed by atoms with Gasteiger partial charge in [0.1, 0.15) is 6.61 Å². The van der Waals surface area contributed by atoms with Crippen LogP contribution in [0.5, 0.6) is 5.75 Å². The van der Waals surface area contributed by atoms with Crippen LogP contribution in [0, 0.1) is 6.92 Å². The van der Waals surface area contributed by atoms with E-state index in [2.05, 4.69) is 0 Å². The minimum Gasteiger partial charge on any atom is -0.485 e. The van der Waals surface area contributed by atoms with Crippen molar-refractivity contribution < 1.29 is 13.9 Å². The average molecular weight is 266 g/mol. The Morgan fingerprint density at radius 2 is 1.90 bits per heavy atom. The molecular weight excluding hydrogens is 252 g/mol. The average Bonchev–Trinajstić information content (AvgIpc) is 2.83. The van der Waals surface area contributed by atoms with Gasteiger partial charge in [-0.2, -0.15) is 0 Å². The third-order valence-electron chi connectivity index (χ3n) is 3.31. The highest BCUT2D eigenvalue weighted by Gasteiger charge is 2.13. The summed E-state index contributed by atoms with van der Waals surface area (Å²) in [5.41, 5.74) is 2.56. The van der Waals surface area contributed by atoms with Gasteiger partial charge in [-0.05, 0) is 18.6 Å². The summed E-state index contributed by atoms with van der Waals surface area (Å²) in [4.78, 5) is 11.0. The van der Waals surface area contributed by atoms with Crippen molar-refractivity contribution in [2.75, 3.05) is 0 Å². The van der Waals surface area contributed by atoms with Gasteiger partial charge < -0.3 is 9.15 Å². The summed E-state index contributed by atoms with van der Waals surface area (Å²) in [5, 5.41) is 0.915. The zero-order chi connectivity index (χ0) is 13.9. The number of carbonyl (C=O) groups excluding carboxylic acids is 1. The second kappa shape index (κ2) is 5.21. The number of carbonyl (C=O) groups is 1. The number of hydrogen-bond donors (Lipinski definition) is 0. The molecule has 1 aromatic heterocycles. The molecule has 20 heavy (non-hydrogen) atoms. The number of aldehydes is 1. The number of para-hydroxylation sites is 1. The molecule has 3 nitrogen and oxygen atoms in total. The number of aryl methyl sites for hydroxylation is 1. The molecule has 0 saturated heterocycles. The molecule has 0 bridgehead atoms. The number of benzene rings is 2. The first-order valence-corrected chi connectivity index (χ1v) is 6.43. The van der Waals surface area contributed by atoms with Crippen LogP contribution in [0.2, 0.25) is 0 Å². The van der Waals surface area contributed by atoms with Crippen LogP contribution < -0.4 is 4.74 Å². The molecule has 0 saturated carbocycles. The van der Waals surface area contributed by atoms with Gasteiger partial charge in [0.05, 0.1) is 0 Å². The van der Waals surface area contributed by atoms with Crippen molar-refractivity contribution in [2.45, 2.75) is 13.5 Å². The predicted octanol–water partition coefficient (Wildman–Crippen LogP) is 4.13. The lowest BCUT2D eigenvalue weighted by molar-refractivity contribution is 0.110. The predicted molar refractivity (Wildman–Crippen MR) is 77.1 cm³/mol. The largest absolute Gasteiger partial charge is 0.485 e. The zero-order valence-electron chi connectivity index (χ0n) is 11.1. The highest BCUT2D eigenvalue weighted by atomic mass is 16.5. The summed E-state index contributed by atoms with van der Waals surface area (Å²) in [5.74, 6) is 1.01. The van der Waals surface area contributed by atoms with Crippen LogP contribution in [-0.4, -0.2) is 6.29 Å². The van der Waals surface area contributed by atoms with E-state index >= 15 is 0 Å². The lowest BCUT2D eigenvalue weighted by Gasteiger charge is -2.06. The van der Waals surface area contributed by atoms with Crippen molar-refractivity contribution in [1.82, 2.24) is 0 Å². The first-order valence-electron chi connectivity index (χ1n) is 6.43. The number of ether oxygens (including phenoxy) is 1. The number of furan rings is 1. The van der Waals surface area contributed by atoms with Crippen molar-refractivity contribution in [3.8, 4) is 5.75 Å². The van der Waals surface area contributed by atoms with E-state index in [1.54, 1.807) is 0 Å². The van der Waals surface area contributed by atoms with Gasteiger partial charge in [-0.15, -0.1) is 0 Å². The van der Waals surface area contributed by atoms with E-state index in [9.17, 15) is 4.79 Å². The second-order valence-electron chi connectivity index (χ2n) is 4.62. The van der Waals surface area contributed by atoms with Gasteiger partial charge in [0.25, 0.3) is 0 Å². The van der Waals surface area contributed by atoms with Crippen LogP contribution in [-0.2, 0) is 6.61 Å². The summed E-state index contributed by atoms with van der Waals surface area (Å²) in [6.45, 7) is 2.34. The number of fused-ring (bicyclic) bond motifs is 1. The van der Waals surface area contributed by atoms with Crippen LogP contribution in [0.3, 0.4) is 0 Å². The van der Waals surface area contributed by atoms with E-state index in [1.807, 2.05) is 55.5 Å². The Hall–Kier alpha value is -2.55. The molecule has 1 heterocycles. The number of rotatable bonds is 4. The highest BCUT2D eigenvalue weighted by Crippen LogP contribution is 2.32. The minimum atomic E-state index is 0.357. The molecule has 2 aromatic carbocycles. The molecule has 0 aliphatic carbocycles. The van der Waals surface area contributed by atoms with E-state index in [1.165, 1.54) is 0 Å². The van der Waals surface area contributed by atoms with E-state index in [0.717, 1.165) is 22.8 Å². The van der Waals surface area contributed by atoms with Crippen molar-refractivity contribution in [2.24, 2.45) is 0 Å². The maximum absolute atomic E-state index is 11.0. The van der Waals surface area contributed by atoms with Gasteiger partial charge >= 0.3 is 0 Å². The topological polar surface area (TPSA) is 39.4 Å². The van der Waals surface area contributed by atoms with Crippen LogP contribution in [0.1, 0.15) is 21.7 Å². The van der Waals surface area contributed by atoms with Crippen molar-refractivity contribution in [3.05, 3.63) is 65.4 Å². The summed E-state index contributed by atoms with van der Waals surface area (Å²) >= 11 is 0. The molecule has 0 N–H and O–H groups in total. The van der Waals surface area contributed by atoms with Gasteiger partial charge in [-0.3, -0.25) is 4.79 Å². The standard InChI is InChI=1S/C17H14O3/c1-12-14-8-5-9-15(17(14)20-16(12)10-18)19-11-13-6-3-2-4-7-13/h2-10H,11H2,1H3. The molecule has 3 aromatic rings. The molecule has 0 atom stereocenters. The molecule has 3 heteroatoms. The molecule has 0 spiro atoms. The molecule has 0 aliphatic rings. The van der Waals surface area contributed by atoms with Crippen LogP contribution >= 0.6 is 0 Å². The van der Waals surface area contributed by atoms with Gasteiger partial charge in [0, 0.05) is 10.9 Å². The third-order valence-corrected chi connectivity index (χ3v) is 3.31. The smallest absolute Gasteiger partial charge is 0.185 e. The third kappa shape index (κ3) is 2.18. The Kier molecular flexibility index (Phi) is 3.25. The van der Waals surface area contributed by atoms with E-state index in [4.69, 9.17) is 9.15 Å². The lowest BCUT2D eigenvalue weighted by Crippen LogP contribution is -1.94. The zero-order valence-corrected chi connectivity index (χ0v) is 11.1. The van der Waals surface area contributed by atoms with E-state index in [-0.39, 0.29) is 0 Å². The Morgan fingerprint density at radius 1 is 1.10 bits per heavy atom. The summed E-state index contributed by atoms with van der Waals surface area (Å²) < 4.78 is 11.4. The number of hydrogen-bond acceptors (Lipinski definition) is 3. The quantitative estimate of drug-likeness (QED) is 0.666. The van der Waals surface area contributed by atoms with Crippen molar-refractivity contribution in [1.29, 1.82) is 0 Å². The molecule has 100 valence electrons. The van der Waals surface area contributed by atoms with Gasteiger partial charge in [-0.25, -0.2) is 0 Å². The molecular formula is C17H14O3. The van der Waals surface area contributed by atoms with Crippen LogP contribution in [0.4, 0.5) is 0 Å². The van der Waals surface area contributed by atoms with Gasteiger partial charge in [-0.1, -0.05) is 42.5 Å². The summed E-state index contributed by atoms with van der Waals surface area (Å²) in [6, 6.07) is 15.6. The van der Waals surface area contributed by atoms with Crippen molar-refractivity contribution in [3.63, 3.8) is 0 Å². The lowest BCUT2D eigenvalue weighted by atomic mass is 10.1. The fourth-order valence-corrected chi connectivity index (χ4v) is 2.20. The second-order valence-corrected chi connectivity index (χ2v) is 4.62. The Morgan fingerprint density at radius 3 is 2.65 bits per heavy atom. The Labute approximate surface area is 116 Å². The van der Waals surface area contributed by atoms with Crippen molar-refractivity contribution >= 4 is 17.3 Å². The summed E-state index contributed by atoms with van der Waals surface area (Å²) in [6.07, 6.45) is 0.732. The molecule has 0 radical (unpaired) electrons. The first-order chi connectivity index (χ1) is 9.79. The van der Waals surface area contributed by atoms with E-state index < -0.39 is 0 Å². The SMILES string of the molecule is Cc1c(C=O)oc2c(OCc3ccccc3)cccc12. The van der Waals surface area contributed by atoms with Crippen LogP contribution in [0.25, 0.3) is 11.0 Å². The highest BCUT2D eigenvalue weighted by molar-refractivity contribution is 5.92. The van der Waals surface area contributed by atoms with Gasteiger partial charge in [0.2, 0.25) is 0 Å².